The van der Waals surface area contributed by atoms with Crippen LogP contribution in [0.4, 0.5) is 0 Å². The molecule has 1 fully saturated rings. The normalized spacial score (nSPS) is 20.5. The minimum absolute atomic E-state index is 0.186. The van der Waals surface area contributed by atoms with E-state index in [4.69, 9.17) is 21.1 Å². The first-order valence-electron chi connectivity index (χ1n) is 5.63. The monoisotopic (exact) mass is 368 g/mol. The quantitative estimate of drug-likeness (QED) is 0.608. The average Bonchev–Trinajstić information content (AvgIpc) is 2.36. The van der Waals surface area contributed by atoms with Crippen LogP contribution in [0.1, 0.15) is 31.0 Å². The molecular formula is C11H14ClIN2O2. The number of aromatic nitrogens is 2. The van der Waals surface area contributed by atoms with Gasteiger partial charge < -0.3 is 9.47 Å². The molecule has 4 nitrogen and oxygen atoms in total. The molecule has 1 aromatic heterocycles. The summed E-state index contributed by atoms with van der Waals surface area (Å²) in [5, 5.41) is 0.508. The fraction of sp³-hybridized carbons (Fsp3) is 0.636. The van der Waals surface area contributed by atoms with E-state index in [0.717, 1.165) is 22.1 Å². The molecule has 94 valence electrons. The average molecular weight is 369 g/mol. The molecule has 1 saturated heterocycles. The van der Waals surface area contributed by atoms with Crippen molar-refractivity contribution in [1.29, 1.82) is 0 Å². The lowest BCUT2D eigenvalue weighted by Gasteiger charge is -2.22. The second-order valence-electron chi connectivity index (χ2n) is 3.82. The summed E-state index contributed by atoms with van der Waals surface area (Å²) >= 11 is 8.31. The second-order valence-corrected chi connectivity index (χ2v) is 5.25. The number of hydrogen-bond donors (Lipinski definition) is 0. The summed E-state index contributed by atoms with van der Waals surface area (Å²) in [6.45, 7) is 3.84. The molecule has 17 heavy (non-hydrogen) atoms. The summed E-state index contributed by atoms with van der Waals surface area (Å²) < 4.78 is 11.9. The Morgan fingerprint density at radius 2 is 2.24 bits per heavy atom. The third-order valence-corrected chi connectivity index (χ3v) is 4.21. The Morgan fingerprint density at radius 1 is 1.41 bits per heavy atom. The van der Waals surface area contributed by atoms with Crippen molar-refractivity contribution in [3.05, 3.63) is 20.2 Å². The van der Waals surface area contributed by atoms with E-state index >= 15 is 0 Å². The zero-order valence-corrected chi connectivity index (χ0v) is 12.5. The molecule has 1 unspecified atom stereocenters. The molecule has 1 aromatic rings. The molecule has 2 rings (SSSR count). The van der Waals surface area contributed by atoms with Crippen LogP contribution in [0.2, 0.25) is 5.15 Å². The van der Waals surface area contributed by atoms with Crippen molar-refractivity contribution in [3.8, 4) is 0 Å². The van der Waals surface area contributed by atoms with Gasteiger partial charge in [-0.05, 0) is 29.0 Å². The molecular weight excluding hydrogens is 354 g/mol. The third-order valence-electron chi connectivity index (χ3n) is 2.49. The van der Waals surface area contributed by atoms with E-state index in [2.05, 4.69) is 39.5 Å². The van der Waals surface area contributed by atoms with Gasteiger partial charge in [0.25, 0.3) is 0 Å². The number of nitrogens with zero attached hydrogens (tertiary/aromatic N) is 2. The fourth-order valence-corrected chi connectivity index (χ4v) is 2.37. The smallest absolute Gasteiger partial charge is 0.161 e. The molecule has 2 heterocycles. The largest absolute Gasteiger partial charge is 0.376 e. The summed E-state index contributed by atoms with van der Waals surface area (Å²) in [6.07, 6.45) is 1.75. The molecule has 0 bridgehead atoms. The SMILES string of the molecule is CCCc1nc(C2COCCO2)nc(Cl)c1I. The summed E-state index contributed by atoms with van der Waals surface area (Å²) in [5.74, 6) is 0.638. The maximum Gasteiger partial charge on any atom is 0.161 e. The minimum atomic E-state index is -0.186. The Bertz CT molecular complexity index is 397. The Morgan fingerprint density at radius 3 is 2.88 bits per heavy atom. The van der Waals surface area contributed by atoms with Gasteiger partial charge in [-0.25, -0.2) is 9.97 Å². The van der Waals surface area contributed by atoms with Crippen molar-refractivity contribution in [3.63, 3.8) is 0 Å². The van der Waals surface area contributed by atoms with Gasteiger partial charge in [-0.15, -0.1) is 0 Å². The zero-order chi connectivity index (χ0) is 12.3. The Balaban J connectivity index is 2.27. The highest BCUT2D eigenvalue weighted by Crippen LogP contribution is 2.24. The molecule has 0 amide bonds. The number of hydrogen-bond acceptors (Lipinski definition) is 4. The molecule has 1 aliphatic rings. The molecule has 6 heteroatoms. The zero-order valence-electron chi connectivity index (χ0n) is 9.58. The molecule has 0 spiro atoms. The van der Waals surface area contributed by atoms with E-state index in [1.165, 1.54) is 0 Å². The lowest BCUT2D eigenvalue weighted by molar-refractivity contribution is -0.0936. The van der Waals surface area contributed by atoms with Crippen LogP contribution in [0.25, 0.3) is 0 Å². The van der Waals surface area contributed by atoms with Crippen LogP contribution in [0.5, 0.6) is 0 Å². The standard InChI is InChI=1S/C11H14ClIN2O2/c1-2-3-7-9(13)10(12)15-11(14-7)8-6-16-4-5-17-8/h8H,2-6H2,1H3. The number of ether oxygens (including phenoxy) is 2. The molecule has 0 N–H and O–H groups in total. The Kier molecular flexibility index (Phi) is 4.96. The summed E-state index contributed by atoms with van der Waals surface area (Å²) in [4.78, 5) is 8.82. The maximum atomic E-state index is 6.12. The predicted octanol–water partition coefficient (Wildman–Crippen LogP) is 2.78. The summed E-state index contributed by atoms with van der Waals surface area (Å²) in [6, 6.07) is 0. The van der Waals surface area contributed by atoms with E-state index < -0.39 is 0 Å². The van der Waals surface area contributed by atoms with E-state index in [0.29, 0.717) is 30.8 Å². The van der Waals surface area contributed by atoms with Crippen LogP contribution in [-0.4, -0.2) is 29.8 Å². The van der Waals surface area contributed by atoms with E-state index in [-0.39, 0.29) is 6.10 Å². The highest BCUT2D eigenvalue weighted by molar-refractivity contribution is 14.1. The van der Waals surface area contributed by atoms with Gasteiger partial charge in [-0.1, -0.05) is 24.9 Å². The molecule has 1 aliphatic heterocycles. The topological polar surface area (TPSA) is 44.2 Å². The lowest BCUT2D eigenvalue weighted by atomic mass is 10.2. The van der Waals surface area contributed by atoms with Crippen LogP contribution < -0.4 is 0 Å². The van der Waals surface area contributed by atoms with Crippen molar-refractivity contribution in [2.75, 3.05) is 19.8 Å². The molecule has 1 atom stereocenters. The molecule has 0 radical (unpaired) electrons. The van der Waals surface area contributed by atoms with Gasteiger partial charge in [0.15, 0.2) is 5.82 Å². The van der Waals surface area contributed by atoms with Gasteiger partial charge in [0.05, 0.1) is 29.1 Å². The number of rotatable bonds is 3. The van der Waals surface area contributed by atoms with Crippen molar-refractivity contribution in [2.24, 2.45) is 0 Å². The molecule has 0 saturated carbocycles. The van der Waals surface area contributed by atoms with Gasteiger partial charge in [0, 0.05) is 0 Å². The second kappa shape index (κ2) is 6.26. The van der Waals surface area contributed by atoms with Crippen LogP contribution in [0, 0.1) is 3.57 Å². The summed E-state index contributed by atoms with van der Waals surface area (Å²) in [5.41, 5.74) is 0.997. The molecule has 0 aromatic carbocycles. The van der Waals surface area contributed by atoms with E-state index in [1.807, 2.05) is 0 Å². The Hall–Kier alpha value is 0.0200. The van der Waals surface area contributed by atoms with Gasteiger partial charge in [0.1, 0.15) is 11.3 Å². The van der Waals surface area contributed by atoms with Crippen molar-refractivity contribution < 1.29 is 9.47 Å². The van der Waals surface area contributed by atoms with Gasteiger partial charge in [0.2, 0.25) is 0 Å². The predicted molar refractivity (Wildman–Crippen MR) is 73.3 cm³/mol. The van der Waals surface area contributed by atoms with Crippen molar-refractivity contribution in [1.82, 2.24) is 9.97 Å². The van der Waals surface area contributed by atoms with Crippen molar-refractivity contribution in [2.45, 2.75) is 25.9 Å². The first-order chi connectivity index (χ1) is 8.22. The van der Waals surface area contributed by atoms with Gasteiger partial charge in [-0.2, -0.15) is 0 Å². The van der Waals surface area contributed by atoms with Crippen molar-refractivity contribution >= 4 is 34.2 Å². The van der Waals surface area contributed by atoms with Crippen LogP contribution in [-0.2, 0) is 15.9 Å². The Labute approximate surface area is 119 Å². The van der Waals surface area contributed by atoms with E-state index in [1.54, 1.807) is 0 Å². The molecule has 0 aliphatic carbocycles. The van der Waals surface area contributed by atoms with Crippen LogP contribution in [0.3, 0.4) is 0 Å². The minimum Gasteiger partial charge on any atom is -0.376 e. The highest BCUT2D eigenvalue weighted by atomic mass is 127. The van der Waals surface area contributed by atoms with Gasteiger partial charge >= 0.3 is 0 Å². The lowest BCUT2D eigenvalue weighted by Crippen LogP contribution is -2.24. The van der Waals surface area contributed by atoms with Crippen LogP contribution in [0.15, 0.2) is 0 Å². The number of halogens is 2. The third kappa shape index (κ3) is 3.27. The van der Waals surface area contributed by atoms with Gasteiger partial charge in [-0.3, -0.25) is 0 Å². The van der Waals surface area contributed by atoms with E-state index in [9.17, 15) is 0 Å². The number of aryl methyl sites for hydroxylation is 1. The summed E-state index contributed by atoms with van der Waals surface area (Å²) in [7, 11) is 0. The first kappa shape index (κ1) is 13.5. The maximum absolute atomic E-state index is 6.12. The highest BCUT2D eigenvalue weighted by Gasteiger charge is 2.22. The fourth-order valence-electron chi connectivity index (χ4n) is 1.66. The van der Waals surface area contributed by atoms with Crippen LogP contribution >= 0.6 is 34.2 Å². The first-order valence-corrected chi connectivity index (χ1v) is 7.09.